The number of carbonyl (C=O) groups excluding carboxylic acids is 1. The Hall–Kier alpha value is -2.44. The summed E-state index contributed by atoms with van der Waals surface area (Å²) in [6.07, 6.45) is 6.72. The molecule has 1 aliphatic carbocycles. The van der Waals surface area contributed by atoms with Gasteiger partial charge < -0.3 is 25.2 Å². The van der Waals surface area contributed by atoms with Crippen molar-refractivity contribution in [2.75, 3.05) is 51.8 Å². The summed E-state index contributed by atoms with van der Waals surface area (Å²) in [5, 5.41) is 7.05. The van der Waals surface area contributed by atoms with Gasteiger partial charge in [0.05, 0.1) is 7.11 Å². The molecule has 4 rings (SSSR count). The summed E-state index contributed by atoms with van der Waals surface area (Å²) in [5.41, 5.74) is 1.22. The molecule has 2 N–H and O–H groups in total. The van der Waals surface area contributed by atoms with Gasteiger partial charge in [0.1, 0.15) is 5.75 Å². The van der Waals surface area contributed by atoms with Gasteiger partial charge in [-0.1, -0.05) is 18.9 Å². The molecular weight excluding hydrogens is 390 g/mol. The molecule has 7 heteroatoms. The molecule has 0 aromatic heterocycles. The number of likely N-dealkylation sites (tertiary alicyclic amines) is 1. The normalized spacial score (nSPS) is 24.6. The van der Waals surface area contributed by atoms with Gasteiger partial charge in [-0.15, -0.1) is 0 Å². The minimum absolute atomic E-state index is 0.270. The minimum atomic E-state index is 0.270. The second-order valence-corrected chi connectivity index (χ2v) is 9.15. The molecular formula is C24H37N5O2. The molecule has 7 nitrogen and oxygen atoms in total. The van der Waals surface area contributed by atoms with Crippen LogP contribution in [-0.4, -0.2) is 69.7 Å². The fourth-order valence-electron chi connectivity index (χ4n) is 5.18. The van der Waals surface area contributed by atoms with Crippen LogP contribution < -0.4 is 20.3 Å². The van der Waals surface area contributed by atoms with E-state index in [1.807, 2.05) is 19.2 Å². The van der Waals surface area contributed by atoms with Crippen LogP contribution in [0.25, 0.3) is 0 Å². The van der Waals surface area contributed by atoms with E-state index in [9.17, 15) is 4.79 Å². The van der Waals surface area contributed by atoms with Crippen LogP contribution in [0, 0.1) is 11.8 Å². The van der Waals surface area contributed by atoms with Crippen molar-refractivity contribution in [3.05, 3.63) is 24.3 Å². The first-order valence-electron chi connectivity index (χ1n) is 11.8. The molecule has 3 fully saturated rings. The molecule has 1 aromatic carbocycles. The number of hydrogen-bond acceptors (Lipinski definition) is 4. The number of aliphatic imine (C=N–C) groups is 1. The van der Waals surface area contributed by atoms with Gasteiger partial charge in [-0.05, 0) is 43.7 Å². The number of nitrogens with one attached hydrogen (secondary N) is 2. The van der Waals surface area contributed by atoms with Gasteiger partial charge >= 0.3 is 0 Å². The number of carbonyl (C=O) groups is 1. The molecule has 2 unspecified atom stereocenters. The van der Waals surface area contributed by atoms with Crippen LogP contribution in [0.2, 0.25) is 0 Å². The van der Waals surface area contributed by atoms with Crippen molar-refractivity contribution in [3.8, 4) is 5.75 Å². The number of nitrogens with zero attached hydrogens (tertiary/aromatic N) is 3. The lowest BCUT2D eigenvalue weighted by Crippen LogP contribution is -2.46. The predicted molar refractivity (Wildman–Crippen MR) is 125 cm³/mol. The SMILES string of the molecule is CN=C(NCC1CCN(c2cccc(OC)c2)C1)NC1CCN(C(=O)C2CCCC2)C1. The monoisotopic (exact) mass is 427 g/mol. The summed E-state index contributed by atoms with van der Waals surface area (Å²) in [4.78, 5) is 21.6. The van der Waals surface area contributed by atoms with Gasteiger partial charge in [-0.3, -0.25) is 9.79 Å². The second kappa shape index (κ2) is 10.2. The van der Waals surface area contributed by atoms with Crippen LogP contribution in [0.5, 0.6) is 5.75 Å². The summed E-state index contributed by atoms with van der Waals surface area (Å²) >= 11 is 0. The number of amides is 1. The Morgan fingerprint density at radius 1 is 1.16 bits per heavy atom. The van der Waals surface area contributed by atoms with Crippen LogP contribution in [0.3, 0.4) is 0 Å². The Kier molecular flexibility index (Phi) is 7.20. The summed E-state index contributed by atoms with van der Waals surface area (Å²) < 4.78 is 5.36. The van der Waals surface area contributed by atoms with Crippen LogP contribution in [-0.2, 0) is 4.79 Å². The molecule has 1 amide bonds. The topological polar surface area (TPSA) is 69.2 Å². The predicted octanol–water partition coefficient (Wildman–Crippen LogP) is 2.48. The highest BCUT2D eigenvalue weighted by Crippen LogP contribution is 2.28. The number of benzene rings is 1. The third kappa shape index (κ3) is 5.43. The van der Waals surface area contributed by atoms with E-state index in [-0.39, 0.29) is 12.0 Å². The summed E-state index contributed by atoms with van der Waals surface area (Å²) in [6, 6.07) is 8.58. The third-order valence-electron chi connectivity index (χ3n) is 7.03. The van der Waals surface area contributed by atoms with Crippen molar-refractivity contribution in [3.63, 3.8) is 0 Å². The average Bonchev–Trinajstić information content (AvgIpc) is 3.58. The zero-order chi connectivity index (χ0) is 21.6. The number of hydrogen-bond donors (Lipinski definition) is 2. The molecule has 3 aliphatic rings. The van der Waals surface area contributed by atoms with Gasteiger partial charge in [0.15, 0.2) is 5.96 Å². The maximum atomic E-state index is 12.7. The van der Waals surface area contributed by atoms with E-state index in [1.165, 1.54) is 18.5 Å². The summed E-state index contributed by atoms with van der Waals surface area (Å²) in [7, 11) is 3.53. The van der Waals surface area contributed by atoms with Gasteiger partial charge in [0, 0.05) is 63.5 Å². The highest BCUT2D eigenvalue weighted by Gasteiger charge is 2.32. The molecule has 2 heterocycles. The van der Waals surface area contributed by atoms with Crippen molar-refractivity contribution in [1.82, 2.24) is 15.5 Å². The van der Waals surface area contributed by atoms with Crippen molar-refractivity contribution in [2.45, 2.75) is 44.6 Å². The zero-order valence-corrected chi connectivity index (χ0v) is 19.0. The standard InChI is InChI=1S/C24H37N5O2/c1-25-24(27-20-11-13-29(17-20)23(30)19-6-3-4-7-19)26-15-18-10-12-28(16-18)21-8-5-9-22(14-21)31-2/h5,8-9,14,18-20H,3-4,6-7,10-13,15-17H2,1-2H3,(H2,25,26,27). The molecule has 170 valence electrons. The fourth-order valence-corrected chi connectivity index (χ4v) is 5.18. The van der Waals surface area contributed by atoms with Gasteiger partial charge in [-0.25, -0.2) is 0 Å². The Balaban J connectivity index is 1.21. The van der Waals surface area contributed by atoms with Gasteiger partial charge in [0.25, 0.3) is 0 Å². The largest absolute Gasteiger partial charge is 0.497 e. The van der Waals surface area contributed by atoms with E-state index in [4.69, 9.17) is 4.74 Å². The number of anilines is 1. The molecule has 31 heavy (non-hydrogen) atoms. The van der Waals surface area contributed by atoms with E-state index in [2.05, 4.69) is 37.6 Å². The maximum Gasteiger partial charge on any atom is 0.225 e. The molecule has 1 saturated carbocycles. The van der Waals surface area contributed by atoms with E-state index in [0.29, 0.717) is 11.8 Å². The first-order valence-corrected chi connectivity index (χ1v) is 11.8. The molecule has 0 spiro atoms. The number of guanidine groups is 1. The molecule has 0 bridgehead atoms. The zero-order valence-electron chi connectivity index (χ0n) is 19.0. The highest BCUT2D eigenvalue weighted by atomic mass is 16.5. The Morgan fingerprint density at radius 3 is 2.77 bits per heavy atom. The molecule has 2 atom stereocenters. The molecule has 1 aromatic rings. The number of ether oxygens (including phenoxy) is 1. The Bertz CT molecular complexity index is 777. The third-order valence-corrected chi connectivity index (χ3v) is 7.03. The molecule has 2 saturated heterocycles. The van der Waals surface area contributed by atoms with E-state index in [0.717, 1.165) is 70.1 Å². The number of methoxy groups -OCH3 is 1. The van der Waals surface area contributed by atoms with Crippen LogP contribution in [0.15, 0.2) is 29.3 Å². The smallest absolute Gasteiger partial charge is 0.225 e. The van der Waals surface area contributed by atoms with Crippen molar-refractivity contribution >= 4 is 17.6 Å². The van der Waals surface area contributed by atoms with E-state index >= 15 is 0 Å². The molecule has 2 aliphatic heterocycles. The lowest BCUT2D eigenvalue weighted by Gasteiger charge is -2.22. The van der Waals surface area contributed by atoms with Crippen molar-refractivity contribution in [1.29, 1.82) is 0 Å². The fraction of sp³-hybridized carbons (Fsp3) is 0.667. The first kappa shape index (κ1) is 21.8. The highest BCUT2D eigenvalue weighted by molar-refractivity contribution is 5.81. The number of rotatable bonds is 6. The Labute approximate surface area is 186 Å². The second-order valence-electron chi connectivity index (χ2n) is 9.15. The van der Waals surface area contributed by atoms with Crippen molar-refractivity contribution < 1.29 is 9.53 Å². The van der Waals surface area contributed by atoms with Crippen LogP contribution in [0.1, 0.15) is 38.5 Å². The minimum Gasteiger partial charge on any atom is -0.497 e. The quantitative estimate of drug-likeness (QED) is 0.539. The summed E-state index contributed by atoms with van der Waals surface area (Å²) in [6.45, 7) is 4.65. The Morgan fingerprint density at radius 2 is 2.00 bits per heavy atom. The lowest BCUT2D eigenvalue weighted by atomic mass is 10.1. The molecule has 0 radical (unpaired) electrons. The van der Waals surface area contributed by atoms with E-state index < -0.39 is 0 Å². The van der Waals surface area contributed by atoms with Crippen molar-refractivity contribution in [2.24, 2.45) is 16.8 Å². The average molecular weight is 428 g/mol. The van der Waals surface area contributed by atoms with E-state index in [1.54, 1.807) is 7.11 Å². The van der Waals surface area contributed by atoms with Gasteiger partial charge in [0.2, 0.25) is 5.91 Å². The maximum absolute atomic E-state index is 12.7. The summed E-state index contributed by atoms with van der Waals surface area (Å²) in [5.74, 6) is 2.97. The van der Waals surface area contributed by atoms with Crippen LogP contribution in [0.4, 0.5) is 5.69 Å². The van der Waals surface area contributed by atoms with Crippen LogP contribution >= 0.6 is 0 Å². The first-order chi connectivity index (χ1) is 15.2. The lowest BCUT2D eigenvalue weighted by molar-refractivity contribution is -0.134. The van der Waals surface area contributed by atoms with Gasteiger partial charge in [-0.2, -0.15) is 0 Å².